The Morgan fingerprint density at radius 3 is 2.28 bits per heavy atom. The van der Waals surface area contributed by atoms with Gasteiger partial charge < -0.3 is 14.5 Å². The van der Waals surface area contributed by atoms with Crippen molar-refractivity contribution in [1.82, 2.24) is 14.5 Å². The van der Waals surface area contributed by atoms with E-state index in [4.69, 9.17) is 9.72 Å². The molecule has 1 saturated heterocycles. The van der Waals surface area contributed by atoms with Crippen molar-refractivity contribution in [1.29, 1.82) is 0 Å². The molecule has 15 heteroatoms. The number of imidazole rings is 1. The largest absolute Gasteiger partial charge is 0.462 e. The number of ether oxygens (including phenoxy) is 1. The van der Waals surface area contributed by atoms with Crippen LogP contribution >= 0.6 is 15.9 Å². The van der Waals surface area contributed by atoms with E-state index in [1.54, 1.807) is 42.3 Å². The maximum absolute atomic E-state index is 13.6. The predicted molar refractivity (Wildman–Crippen MR) is 184 cm³/mol. The fraction of sp³-hybridized carbons (Fsp3) is 0.219. The molecule has 0 atom stereocenters. The van der Waals surface area contributed by atoms with Crippen LogP contribution in [-0.2, 0) is 24.6 Å². The summed E-state index contributed by atoms with van der Waals surface area (Å²) in [4.78, 5) is 26.8. The molecule has 0 saturated carbocycles. The fourth-order valence-electron chi connectivity index (χ4n) is 5.57. The van der Waals surface area contributed by atoms with Crippen LogP contribution in [0.4, 0.5) is 17.1 Å². The van der Waals surface area contributed by atoms with Crippen LogP contribution in [-0.4, -0.2) is 76.4 Å². The van der Waals surface area contributed by atoms with E-state index in [1.165, 1.54) is 24.3 Å². The zero-order valence-corrected chi connectivity index (χ0v) is 28.7. The normalized spacial score (nSPS) is 13.9. The molecular formula is C32H31BrN6O6S2. The summed E-state index contributed by atoms with van der Waals surface area (Å²) >= 11 is 3.57. The van der Waals surface area contributed by atoms with E-state index in [1.807, 2.05) is 30.3 Å². The van der Waals surface area contributed by atoms with Crippen molar-refractivity contribution >= 4 is 69.7 Å². The third-order valence-electron chi connectivity index (χ3n) is 7.78. The van der Waals surface area contributed by atoms with E-state index in [2.05, 4.69) is 35.4 Å². The number of hydrogen-bond acceptors (Lipinski definition) is 10. The quantitative estimate of drug-likeness (QED) is 0.208. The molecule has 6 rings (SSSR count). The summed E-state index contributed by atoms with van der Waals surface area (Å²) in [5.41, 5.74) is 2.81. The highest BCUT2D eigenvalue weighted by Crippen LogP contribution is 2.37. The third-order valence-corrected chi connectivity index (χ3v) is 10.8. The number of fused-ring (bicyclic) bond motifs is 1. The van der Waals surface area contributed by atoms with Gasteiger partial charge in [-0.15, -0.1) is 0 Å². The predicted octanol–water partition coefficient (Wildman–Crippen LogP) is 4.89. The van der Waals surface area contributed by atoms with Gasteiger partial charge in [-0.25, -0.2) is 31.6 Å². The molecule has 3 heterocycles. The van der Waals surface area contributed by atoms with Gasteiger partial charge in [0.05, 0.1) is 39.0 Å². The first-order chi connectivity index (χ1) is 22.5. The lowest BCUT2D eigenvalue weighted by molar-refractivity contribution is 0.0526. The van der Waals surface area contributed by atoms with E-state index in [-0.39, 0.29) is 16.4 Å². The number of benzene rings is 3. The van der Waals surface area contributed by atoms with E-state index in [0.717, 1.165) is 16.1 Å². The molecular weight excluding hydrogens is 708 g/mol. The zero-order chi connectivity index (χ0) is 33.3. The molecule has 0 unspecified atom stereocenters. The number of piperazine rings is 1. The lowest BCUT2D eigenvalue weighted by atomic mass is 10.1. The van der Waals surface area contributed by atoms with Crippen LogP contribution in [0.3, 0.4) is 0 Å². The molecule has 244 valence electrons. The molecule has 0 aliphatic carbocycles. The van der Waals surface area contributed by atoms with Gasteiger partial charge in [-0.1, -0.05) is 28.1 Å². The van der Waals surface area contributed by atoms with E-state index in [0.29, 0.717) is 60.1 Å². The van der Waals surface area contributed by atoms with Crippen LogP contribution in [0.25, 0.3) is 16.7 Å². The Bertz CT molecular complexity index is 2170. The average molecular weight is 740 g/mol. The number of para-hydroxylation sites is 2. The van der Waals surface area contributed by atoms with Gasteiger partial charge in [-0.3, -0.25) is 9.29 Å². The highest BCUT2D eigenvalue weighted by molar-refractivity contribution is 9.10. The summed E-state index contributed by atoms with van der Waals surface area (Å²) in [6.07, 6.45) is 6.01. The maximum Gasteiger partial charge on any atom is 0.344 e. The Balaban J connectivity index is 1.32. The summed E-state index contributed by atoms with van der Waals surface area (Å²) in [5.74, 6) is -0.0788. The first-order valence-electron chi connectivity index (χ1n) is 14.7. The standard InChI is InChI=1S/C32H31BrN6O6S2/c1-3-45-32(40)29-30(25-20-22(33)8-13-26(25)35-31(29)39-15-14-34-21-39)38-18-16-37(17-19-38)28-7-5-4-6-27(28)36-47(43,44)24-11-9-23(10-12-24)46(2,41)42/h4-15,20-21,36H,3,16-19H2,1-2H3. The van der Waals surface area contributed by atoms with Crippen LogP contribution < -0.4 is 14.5 Å². The maximum atomic E-state index is 13.6. The highest BCUT2D eigenvalue weighted by atomic mass is 79.9. The number of anilines is 3. The van der Waals surface area contributed by atoms with E-state index >= 15 is 0 Å². The van der Waals surface area contributed by atoms with Crippen molar-refractivity contribution in [2.45, 2.75) is 16.7 Å². The van der Waals surface area contributed by atoms with Crippen LogP contribution in [0.15, 0.2) is 99.7 Å². The molecule has 0 radical (unpaired) electrons. The molecule has 12 nitrogen and oxygen atoms in total. The topological polar surface area (TPSA) is 144 Å². The Labute approximate surface area is 281 Å². The van der Waals surface area contributed by atoms with Gasteiger partial charge in [-0.2, -0.15) is 0 Å². The molecule has 2 aromatic heterocycles. The SMILES string of the molecule is CCOC(=O)c1c(-n2ccnc2)nc2ccc(Br)cc2c1N1CCN(c2ccccc2NS(=O)(=O)c2ccc(S(C)(=O)=O)cc2)CC1. The lowest BCUT2D eigenvalue weighted by Crippen LogP contribution is -2.47. The van der Waals surface area contributed by atoms with E-state index < -0.39 is 25.8 Å². The first-order valence-corrected chi connectivity index (χ1v) is 18.8. The molecule has 5 aromatic rings. The summed E-state index contributed by atoms with van der Waals surface area (Å²) in [7, 11) is -7.49. The van der Waals surface area contributed by atoms with Gasteiger partial charge >= 0.3 is 5.97 Å². The Hall–Kier alpha value is -4.47. The molecule has 1 N–H and O–H groups in total. The summed E-state index contributed by atoms with van der Waals surface area (Å²) in [5, 5.41) is 0.787. The minimum atomic E-state index is -4.02. The fourth-order valence-corrected chi connectivity index (χ4v) is 7.64. The molecule has 0 amide bonds. The third kappa shape index (κ3) is 6.68. The zero-order valence-electron chi connectivity index (χ0n) is 25.5. The van der Waals surface area contributed by atoms with Gasteiger partial charge in [0.15, 0.2) is 15.7 Å². The monoisotopic (exact) mass is 738 g/mol. The van der Waals surface area contributed by atoms with E-state index in [9.17, 15) is 21.6 Å². The molecule has 47 heavy (non-hydrogen) atoms. The second-order valence-electron chi connectivity index (χ2n) is 10.9. The second-order valence-corrected chi connectivity index (χ2v) is 15.5. The number of esters is 1. The van der Waals surface area contributed by atoms with Crippen LogP contribution in [0.1, 0.15) is 17.3 Å². The Morgan fingerprint density at radius 1 is 0.936 bits per heavy atom. The van der Waals surface area contributed by atoms with Crippen molar-refractivity contribution in [2.75, 3.05) is 53.6 Å². The van der Waals surface area contributed by atoms with Crippen molar-refractivity contribution in [3.05, 3.63) is 95.5 Å². The van der Waals surface area contributed by atoms with Crippen LogP contribution in [0.2, 0.25) is 0 Å². The van der Waals surface area contributed by atoms with Gasteiger partial charge in [0.1, 0.15) is 11.9 Å². The van der Waals surface area contributed by atoms with Gasteiger partial charge in [-0.05, 0) is 61.5 Å². The molecule has 0 bridgehead atoms. The molecule has 1 fully saturated rings. The van der Waals surface area contributed by atoms with Crippen LogP contribution in [0, 0.1) is 0 Å². The molecule has 3 aromatic carbocycles. The molecule has 1 aliphatic rings. The number of aromatic nitrogens is 3. The number of sulfone groups is 1. The number of carbonyl (C=O) groups is 1. The van der Waals surface area contributed by atoms with Gasteiger partial charge in [0.2, 0.25) is 0 Å². The smallest absolute Gasteiger partial charge is 0.344 e. The Kier molecular flexibility index (Phi) is 8.96. The number of carbonyl (C=O) groups excluding carboxylic acids is 1. The molecule has 1 aliphatic heterocycles. The summed E-state index contributed by atoms with van der Waals surface area (Å²) < 4.78 is 61.1. The van der Waals surface area contributed by atoms with Crippen molar-refractivity contribution in [3.8, 4) is 5.82 Å². The number of nitrogens with zero attached hydrogens (tertiary/aromatic N) is 5. The minimum Gasteiger partial charge on any atom is -0.462 e. The number of halogens is 1. The number of rotatable bonds is 9. The highest BCUT2D eigenvalue weighted by Gasteiger charge is 2.30. The summed E-state index contributed by atoms with van der Waals surface area (Å²) in [6, 6.07) is 18.0. The second kappa shape index (κ2) is 13.0. The van der Waals surface area contributed by atoms with Gasteiger partial charge in [0.25, 0.3) is 10.0 Å². The lowest BCUT2D eigenvalue weighted by Gasteiger charge is -2.39. The van der Waals surface area contributed by atoms with Gasteiger partial charge in [0, 0.05) is 54.7 Å². The van der Waals surface area contributed by atoms with Crippen molar-refractivity contribution in [2.24, 2.45) is 0 Å². The average Bonchev–Trinajstić information content (AvgIpc) is 3.59. The number of nitrogens with one attached hydrogen (secondary N) is 1. The number of sulfonamides is 1. The number of pyridine rings is 1. The van der Waals surface area contributed by atoms with Crippen molar-refractivity contribution < 1.29 is 26.4 Å². The Morgan fingerprint density at radius 2 is 1.62 bits per heavy atom. The molecule has 0 spiro atoms. The number of hydrogen-bond donors (Lipinski definition) is 1. The van der Waals surface area contributed by atoms with Crippen molar-refractivity contribution in [3.63, 3.8) is 0 Å². The first kappa shape index (κ1) is 32.5. The summed E-state index contributed by atoms with van der Waals surface area (Å²) in [6.45, 7) is 4.00. The minimum absolute atomic E-state index is 0.0346. The van der Waals surface area contributed by atoms with Crippen LogP contribution in [0.5, 0.6) is 0 Å².